The lowest BCUT2D eigenvalue weighted by Crippen LogP contribution is -2.48. The second-order valence-corrected chi connectivity index (χ2v) is 7.37. The van der Waals surface area contributed by atoms with Gasteiger partial charge in [-0.15, -0.1) is 11.3 Å². The van der Waals surface area contributed by atoms with Gasteiger partial charge in [0.2, 0.25) is 0 Å². The molecule has 1 fully saturated rings. The number of esters is 1. The van der Waals surface area contributed by atoms with Crippen molar-refractivity contribution in [1.82, 2.24) is 4.90 Å². The average molecular weight is 390 g/mol. The first kappa shape index (κ1) is 19.2. The van der Waals surface area contributed by atoms with Gasteiger partial charge < -0.3 is 19.4 Å². The Hall–Kier alpha value is -2.61. The molecule has 2 aromatic rings. The predicted octanol–water partition coefficient (Wildman–Crippen LogP) is 3.46. The number of nitrogens with zero attached hydrogens (tertiary/aromatic N) is 1. The first-order valence-electron chi connectivity index (χ1n) is 8.94. The van der Waals surface area contributed by atoms with Crippen molar-refractivity contribution in [2.45, 2.75) is 39.2 Å². The highest BCUT2D eigenvalue weighted by Gasteiger charge is 2.34. The highest BCUT2D eigenvalue weighted by Crippen LogP contribution is 2.30. The molecule has 1 saturated heterocycles. The van der Waals surface area contributed by atoms with Gasteiger partial charge in [0.15, 0.2) is 5.76 Å². The Labute approximate surface area is 161 Å². The minimum absolute atomic E-state index is 0.200. The van der Waals surface area contributed by atoms with Gasteiger partial charge in [0.05, 0.1) is 22.7 Å². The summed E-state index contributed by atoms with van der Waals surface area (Å²) in [6, 6.07) is 4.41. The maximum atomic E-state index is 13.1. The van der Waals surface area contributed by atoms with E-state index in [0.29, 0.717) is 29.5 Å². The average Bonchev–Trinajstić information content (AvgIpc) is 3.31. The largest absolute Gasteiger partial charge is 0.464 e. The summed E-state index contributed by atoms with van der Waals surface area (Å²) in [5.41, 5.74) is 0.757. The summed E-state index contributed by atoms with van der Waals surface area (Å²) in [4.78, 5) is 39.5. The quantitative estimate of drug-likeness (QED) is 0.790. The van der Waals surface area contributed by atoms with Crippen molar-refractivity contribution in [3.63, 3.8) is 0 Å². The maximum absolute atomic E-state index is 13.1. The summed E-state index contributed by atoms with van der Waals surface area (Å²) in [5, 5.41) is 3.30. The molecule has 1 atom stereocenters. The normalized spacial score (nSPS) is 16.8. The van der Waals surface area contributed by atoms with Gasteiger partial charge in [0.1, 0.15) is 6.04 Å². The topological polar surface area (TPSA) is 88.9 Å². The number of nitrogens with one attached hydrogen (secondary N) is 1. The van der Waals surface area contributed by atoms with Gasteiger partial charge in [-0.2, -0.15) is 0 Å². The van der Waals surface area contributed by atoms with Gasteiger partial charge in [-0.05, 0) is 56.9 Å². The van der Waals surface area contributed by atoms with Crippen LogP contribution < -0.4 is 5.32 Å². The molecule has 1 N–H and O–H groups in total. The van der Waals surface area contributed by atoms with Gasteiger partial charge in [0.25, 0.3) is 11.8 Å². The molecule has 0 spiro atoms. The van der Waals surface area contributed by atoms with E-state index in [4.69, 9.17) is 9.15 Å². The van der Waals surface area contributed by atoms with Crippen molar-refractivity contribution in [2.75, 3.05) is 18.5 Å². The fraction of sp³-hybridized carbons (Fsp3) is 0.421. The molecule has 0 saturated carbocycles. The molecule has 144 valence electrons. The first-order chi connectivity index (χ1) is 13.0. The second kappa shape index (κ2) is 8.39. The van der Waals surface area contributed by atoms with E-state index >= 15 is 0 Å². The van der Waals surface area contributed by atoms with E-state index in [1.807, 2.05) is 6.92 Å². The fourth-order valence-corrected chi connectivity index (χ4v) is 4.15. The lowest BCUT2D eigenvalue weighted by Gasteiger charge is -2.33. The number of hydrogen-bond acceptors (Lipinski definition) is 6. The Morgan fingerprint density at radius 1 is 1.37 bits per heavy atom. The second-order valence-electron chi connectivity index (χ2n) is 6.32. The molecule has 7 nitrogen and oxygen atoms in total. The lowest BCUT2D eigenvalue weighted by atomic mass is 10.0. The number of ether oxygens (including phenoxy) is 1. The number of amides is 2. The number of thiophene rings is 1. The zero-order valence-electron chi connectivity index (χ0n) is 15.3. The van der Waals surface area contributed by atoms with Crippen molar-refractivity contribution in [3.05, 3.63) is 40.7 Å². The molecule has 2 aromatic heterocycles. The minimum atomic E-state index is -0.547. The summed E-state index contributed by atoms with van der Waals surface area (Å²) in [5.74, 6) is -0.727. The lowest BCUT2D eigenvalue weighted by molar-refractivity contribution is -0.149. The minimum Gasteiger partial charge on any atom is -0.464 e. The molecule has 1 aliphatic heterocycles. The van der Waals surface area contributed by atoms with Crippen LogP contribution in [0.25, 0.3) is 0 Å². The van der Waals surface area contributed by atoms with Crippen LogP contribution in [0.4, 0.5) is 5.00 Å². The number of piperidine rings is 1. The first-order valence-corrected chi connectivity index (χ1v) is 9.75. The molecule has 2 amide bonds. The maximum Gasteiger partial charge on any atom is 0.328 e. The number of carbonyl (C=O) groups excluding carboxylic acids is 3. The van der Waals surface area contributed by atoms with Crippen LogP contribution in [0.5, 0.6) is 0 Å². The number of rotatable bonds is 5. The highest BCUT2D eigenvalue weighted by molar-refractivity contribution is 7.18. The molecule has 1 aliphatic rings. The van der Waals surface area contributed by atoms with Gasteiger partial charge in [0, 0.05) is 6.54 Å². The van der Waals surface area contributed by atoms with Crippen LogP contribution in [-0.4, -0.2) is 41.9 Å². The fourth-order valence-electron chi connectivity index (χ4n) is 3.13. The number of anilines is 1. The van der Waals surface area contributed by atoms with Crippen molar-refractivity contribution in [2.24, 2.45) is 0 Å². The predicted molar refractivity (Wildman–Crippen MR) is 101 cm³/mol. The van der Waals surface area contributed by atoms with Crippen LogP contribution in [0.1, 0.15) is 52.0 Å². The van der Waals surface area contributed by atoms with Gasteiger partial charge in [-0.1, -0.05) is 0 Å². The third kappa shape index (κ3) is 4.21. The summed E-state index contributed by atoms with van der Waals surface area (Å²) in [6.07, 6.45) is 3.78. The van der Waals surface area contributed by atoms with Crippen molar-refractivity contribution < 1.29 is 23.5 Å². The van der Waals surface area contributed by atoms with E-state index in [2.05, 4.69) is 5.32 Å². The molecule has 3 rings (SSSR count). The van der Waals surface area contributed by atoms with E-state index < -0.39 is 6.04 Å². The summed E-state index contributed by atoms with van der Waals surface area (Å²) < 4.78 is 10.2. The monoisotopic (exact) mass is 390 g/mol. The molecule has 0 radical (unpaired) electrons. The molecule has 0 aliphatic carbocycles. The summed E-state index contributed by atoms with van der Waals surface area (Å²) in [6.45, 7) is 4.38. The SMILES string of the molecule is CCOC(=O)C1CCCCN1C(=O)c1sc(NC(=O)c2ccco2)cc1C. The van der Waals surface area contributed by atoms with Gasteiger partial charge in [-0.25, -0.2) is 4.79 Å². The Balaban J connectivity index is 1.76. The van der Waals surface area contributed by atoms with E-state index in [9.17, 15) is 14.4 Å². The Morgan fingerprint density at radius 2 is 2.19 bits per heavy atom. The molecule has 0 bridgehead atoms. The zero-order chi connectivity index (χ0) is 19.4. The van der Waals surface area contributed by atoms with Gasteiger partial charge in [-0.3, -0.25) is 9.59 Å². The van der Waals surface area contributed by atoms with Crippen molar-refractivity contribution in [3.8, 4) is 0 Å². The molecular formula is C19H22N2O5S. The molecular weight excluding hydrogens is 368 g/mol. The molecule has 27 heavy (non-hydrogen) atoms. The Bertz CT molecular complexity index is 827. The number of hydrogen-bond donors (Lipinski definition) is 1. The van der Waals surface area contributed by atoms with Crippen LogP contribution in [0.3, 0.4) is 0 Å². The Morgan fingerprint density at radius 3 is 2.89 bits per heavy atom. The van der Waals surface area contributed by atoms with E-state index in [1.165, 1.54) is 17.6 Å². The number of carbonyl (C=O) groups is 3. The van der Waals surface area contributed by atoms with Crippen LogP contribution in [-0.2, 0) is 9.53 Å². The number of aryl methyl sites for hydroxylation is 1. The molecule has 3 heterocycles. The molecule has 1 unspecified atom stereocenters. The van der Waals surface area contributed by atoms with E-state index in [1.54, 1.807) is 30.0 Å². The van der Waals surface area contributed by atoms with Crippen molar-refractivity contribution >= 4 is 34.1 Å². The zero-order valence-corrected chi connectivity index (χ0v) is 16.1. The number of likely N-dealkylation sites (tertiary alicyclic amines) is 1. The number of furan rings is 1. The smallest absolute Gasteiger partial charge is 0.328 e. The Kier molecular flexibility index (Phi) is 5.95. The van der Waals surface area contributed by atoms with Gasteiger partial charge >= 0.3 is 5.97 Å². The third-order valence-corrected chi connectivity index (χ3v) is 5.56. The summed E-state index contributed by atoms with van der Waals surface area (Å²) in [7, 11) is 0. The third-order valence-electron chi connectivity index (χ3n) is 4.42. The summed E-state index contributed by atoms with van der Waals surface area (Å²) >= 11 is 1.20. The highest BCUT2D eigenvalue weighted by atomic mass is 32.1. The standard InChI is InChI=1S/C19H22N2O5S/c1-3-25-19(24)13-7-4-5-9-21(13)18(23)16-12(2)11-15(27-16)20-17(22)14-8-6-10-26-14/h6,8,10-11,13H,3-5,7,9H2,1-2H3,(H,20,22). The van der Waals surface area contributed by atoms with E-state index in [0.717, 1.165) is 18.4 Å². The van der Waals surface area contributed by atoms with Crippen LogP contribution >= 0.6 is 11.3 Å². The van der Waals surface area contributed by atoms with E-state index in [-0.39, 0.29) is 23.5 Å². The molecule has 0 aromatic carbocycles. The van der Waals surface area contributed by atoms with Crippen LogP contribution in [0.2, 0.25) is 0 Å². The van der Waals surface area contributed by atoms with Crippen molar-refractivity contribution in [1.29, 1.82) is 0 Å². The van der Waals surface area contributed by atoms with Crippen LogP contribution in [0.15, 0.2) is 28.9 Å². The molecule has 8 heteroatoms. The van der Waals surface area contributed by atoms with Crippen LogP contribution in [0, 0.1) is 6.92 Å².